The van der Waals surface area contributed by atoms with Crippen LogP contribution in [0.4, 0.5) is 5.69 Å². The largest absolute Gasteiger partial charge is 0.338 e. The van der Waals surface area contributed by atoms with Crippen molar-refractivity contribution in [1.82, 2.24) is 4.90 Å². The molecule has 5 heteroatoms. The first-order chi connectivity index (χ1) is 11.1. The minimum absolute atomic E-state index is 0.160. The van der Waals surface area contributed by atoms with Gasteiger partial charge in [-0.3, -0.25) is 9.59 Å². The number of nitrogens with zero attached hydrogens (tertiary/aromatic N) is 1. The Bertz CT molecular complexity index is 745. The molecule has 0 aromatic heterocycles. The van der Waals surface area contributed by atoms with Crippen molar-refractivity contribution in [2.45, 2.75) is 19.4 Å². The minimum atomic E-state index is -0.160. The van der Waals surface area contributed by atoms with E-state index in [1.807, 2.05) is 47.4 Å². The molecule has 2 aromatic carbocycles. The summed E-state index contributed by atoms with van der Waals surface area (Å²) in [5.74, 6) is 0.0412. The van der Waals surface area contributed by atoms with E-state index < -0.39 is 0 Å². The number of carbonyl (C=O) groups is 2. The highest BCUT2D eigenvalue weighted by molar-refractivity contribution is 9.10. The van der Waals surface area contributed by atoms with Crippen LogP contribution in [0.3, 0.4) is 0 Å². The average molecular weight is 373 g/mol. The molecule has 0 aliphatic carbocycles. The third kappa shape index (κ3) is 3.79. The van der Waals surface area contributed by atoms with E-state index in [0.717, 1.165) is 28.7 Å². The molecule has 118 valence electrons. The Kier molecular flexibility index (Phi) is 4.76. The number of likely N-dealkylation sites (tertiary alicyclic amines) is 1. The fourth-order valence-electron chi connectivity index (χ4n) is 2.68. The maximum atomic E-state index is 12.3. The third-order valence-corrected chi connectivity index (χ3v) is 4.54. The SMILES string of the molecule is O=C(Nc1cccc(CN2CCCC2=O)c1)c1ccccc1Br. The first-order valence-electron chi connectivity index (χ1n) is 7.56. The van der Waals surface area contributed by atoms with Crippen LogP contribution < -0.4 is 5.32 Å². The topological polar surface area (TPSA) is 49.4 Å². The Labute approximate surface area is 143 Å². The summed E-state index contributed by atoms with van der Waals surface area (Å²) in [5.41, 5.74) is 2.34. The number of carbonyl (C=O) groups excluding carboxylic acids is 2. The van der Waals surface area contributed by atoms with Gasteiger partial charge in [-0.05, 0) is 52.2 Å². The first kappa shape index (κ1) is 15.7. The van der Waals surface area contributed by atoms with Gasteiger partial charge in [0.15, 0.2) is 0 Å². The van der Waals surface area contributed by atoms with Gasteiger partial charge in [-0.15, -0.1) is 0 Å². The molecule has 23 heavy (non-hydrogen) atoms. The fourth-order valence-corrected chi connectivity index (χ4v) is 3.15. The van der Waals surface area contributed by atoms with Crippen LogP contribution in [0, 0.1) is 0 Å². The maximum Gasteiger partial charge on any atom is 0.256 e. The summed E-state index contributed by atoms with van der Waals surface area (Å²) in [7, 11) is 0. The zero-order valence-electron chi connectivity index (χ0n) is 12.6. The lowest BCUT2D eigenvalue weighted by Gasteiger charge is -2.16. The van der Waals surface area contributed by atoms with Gasteiger partial charge in [0.2, 0.25) is 5.91 Å². The molecule has 0 spiro atoms. The molecule has 1 aliphatic rings. The molecule has 0 atom stereocenters. The van der Waals surface area contributed by atoms with Crippen LogP contribution in [0.15, 0.2) is 53.0 Å². The number of halogens is 1. The second-order valence-corrected chi connectivity index (χ2v) is 6.41. The number of rotatable bonds is 4. The van der Waals surface area contributed by atoms with E-state index in [-0.39, 0.29) is 11.8 Å². The van der Waals surface area contributed by atoms with Crippen LogP contribution in [-0.4, -0.2) is 23.3 Å². The molecule has 0 saturated carbocycles. The van der Waals surface area contributed by atoms with E-state index in [0.29, 0.717) is 18.5 Å². The van der Waals surface area contributed by atoms with Crippen LogP contribution in [0.25, 0.3) is 0 Å². The third-order valence-electron chi connectivity index (χ3n) is 3.85. The highest BCUT2D eigenvalue weighted by Gasteiger charge is 2.20. The second kappa shape index (κ2) is 6.96. The Morgan fingerprint density at radius 1 is 1.17 bits per heavy atom. The van der Waals surface area contributed by atoms with E-state index in [4.69, 9.17) is 0 Å². The Morgan fingerprint density at radius 2 is 2.00 bits per heavy atom. The van der Waals surface area contributed by atoms with Gasteiger partial charge < -0.3 is 10.2 Å². The first-order valence-corrected chi connectivity index (χ1v) is 8.35. The van der Waals surface area contributed by atoms with Crippen molar-refractivity contribution in [2.75, 3.05) is 11.9 Å². The number of nitrogens with one attached hydrogen (secondary N) is 1. The summed E-state index contributed by atoms with van der Waals surface area (Å²) in [6, 6.07) is 14.9. The highest BCUT2D eigenvalue weighted by atomic mass is 79.9. The number of benzene rings is 2. The fraction of sp³-hybridized carbons (Fsp3) is 0.222. The smallest absolute Gasteiger partial charge is 0.256 e. The van der Waals surface area contributed by atoms with Crippen LogP contribution in [0.5, 0.6) is 0 Å². The number of amides is 2. The van der Waals surface area contributed by atoms with Crippen molar-refractivity contribution in [3.05, 3.63) is 64.1 Å². The highest BCUT2D eigenvalue weighted by Crippen LogP contribution is 2.20. The molecule has 0 bridgehead atoms. The predicted octanol–water partition coefficient (Wildman–Crippen LogP) is 3.82. The standard InChI is InChI=1S/C18H17BrN2O2/c19-16-8-2-1-7-15(16)18(23)20-14-6-3-5-13(11-14)12-21-10-4-9-17(21)22/h1-3,5-8,11H,4,9-10,12H2,(H,20,23). The minimum Gasteiger partial charge on any atom is -0.338 e. The van der Waals surface area contributed by atoms with Crippen LogP contribution >= 0.6 is 15.9 Å². The van der Waals surface area contributed by atoms with Crippen molar-refractivity contribution >= 4 is 33.4 Å². The summed E-state index contributed by atoms with van der Waals surface area (Å²) in [6.07, 6.45) is 1.57. The molecule has 1 fully saturated rings. The molecule has 0 unspecified atom stereocenters. The summed E-state index contributed by atoms with van der Waals surface area (Å²) < 4.78 is 0.760. The molecular weight excluding hydrogens is 356 g/mol. The quantitative estimate of drug-likeness (QED) is 0.886. The van der Waals surface area contributed by atoms with Crippen molar-refractivity contribution in [3.8, 4) is 0 Å². The van der Waals surface area contributed by atoms with Gasteiger partial charge in [-0.2, -0.15) is 0 Å². The second-order valence-electron chi connectivity index (χ2n) is 5.55. The van der Waals surface area contributed by atoms with Crippen molar-refractivity contribution < 1.29 is 9.59 Å². The van der Waals surface area contributed by atoms with Crippen LogP contribution in [0.2, 0.25) is 0 Å². The van der Waals surface area contributed by atoms with Crippen LogP contribution in [0.1, 0.15) is 28.8 Å². The van der Waals surface area contributed by atoms with E-state index in [9.17, 15) is 9.59 Å². The summed E-state index contributed by atoms with van der Waals surface area (Å²) in [4.78, 5) is 25.9. The van der Waals surface area contributed by atoms with Gasteiger partial charge >= 0.3 is 0 Å². The molecule has 2 amide bonds. The molecule has 0 radical (unpaired) electrons. The van der Waals surface area contributed by atoms with Gasteiger partial charge in [0, 0.05) is 29.7 Å². The van der Waals surface area contributed by atoms with Gasteiger partial charge in [0.1, 0.15) is 0 Å². The molecular formula is C18H17BrN2O2. The zero-order chi connectivity index (χ0) is 16.2. The van der Waals surface area contributed by atoms with E-state index in [1.165, 1.54) is 0 Å². The molecule has 1 heterocycles. The van der Waals surface area contributed by atoms with Gasteiger partial charge in [0.25, 0.3) is 5.91 Å². The average Bonchev–Trinajstić information content (AvgIpc) is 2.93. The number of hydrogen-bond acceptors (Lipinski definition) is 2. The van der Waals surface area contributed by atoms with Crippen molar-refractivity contribution in [2.24, 2.45) is 0 Å². The van der Waals surface area contributed by atoms with Crippen molar-refractivity contribution in [1.29, 1.82) is 0 Å². The summed E-state index contributed by atoms with van der Waals surface area (Å²) >= 11 is 3.38. The monoisotopic (exact) mass is 372 g/mol. The normalized spacial score (nSPS) is 14.1. The summed E-state index contributed by atoms with van der Waals surface area (Å²) in [6.45, 7) is 1.41. The number of hydrogen-bond donors (Lipinski definition) is 1. The Balaban J connectivity index is 1.71. The molecule has 3 rings (SSSR count). The number of anilines is 1. The van der Waals surface area contributed by atoms with Crippen LogP contribution in [-0.2, 0) is 11.3 Å². The van der Waals surface area contributed by atoms with E-state index in [2.05, 4.69) is 21.2 Å². The lowest BCUT2D eigenvalue weighted by atomic mass is 10.1. The van der Waals surface area contributed by atoms with E-state index >= 15 is 0 Å². The van der Waals surface area contributed by atoms with Gasteiger partial charge in [-0.1, -0.05) is 24.3 Å². The molecule has 1 aliphatic heterocycles. The molecule has 2 aromatic rings. The zero-order valence-corrected chi connectivity index (χ0v) is 14.2. The molecule has 1 N–H and O–H groups in total. The van der Waals surface area contributed by atoms with E-state index in [1.54, 1.807) is 6.07 Å². The Morgan fingerprint density at radius 3 is 2.74 bits per heavy atom. The lowest BCUT2D eigenvalue weighted by Crippen LogP contribution is -2.23. The van der Waals surface area contributed by atoms with Crippen molar-refractivity contribution in [3.63, 3.8) is 0 Å². The Hall–Kier alpha value is -2.14. The summed E-state index contributed by atoms with van der Waals surface area (Å²) in [5, 5.41) is 2.90. The maximum absolute atomic E-state index is 12.3. The lowest BCUT2D eigenvalue weighted by molar-refractivity contribution is -0.128. The molecule has 4 nitrogen and oxygen atoms in total. The predicted molar refractivity (Wildman–Crippen MR) is 93.2 cm³/mol. The van der Waals surface area contributed by atoms with Gasteiger partial charge in [0.05, 0.1) is 5.56 Å². The van der Waals surface area contributed by atoms with Gasteiger partial charge in [-0.25, -0.2) is 0 Å². The molecule has 1 saturated heterocycles.